The van der Waals surface area contributed by atoms with Crippen molar-refractivity contribution in [2.75, 3.05) is 0 Å². The van der Waals surface area contributed by atoms with Crippen molar-refractivity contribution in [1.29, 1.82) is 10.7 Å². The van der Waals surface area contributed by atoms with E-state index in [1.165, 1.54) is 0 Å². The summed E-state index contributed by atoms with van der Waals surface area (Å²) in [6.07, 6.45) is 0. The van der Waals surface area contributed by atoms with Crippen LogP contribution in [0, 0.1) is 22.7 Å². The molecule has 6 heteroatoms. The molecule has 3 aromatic carbocycles. The van der Waals surface area contributed by atoms with Crippen LogP contribution in [0.15, 0.2) is 71.2 Å². The van der Waals surface area contributed by atoms with Gasteiger partial charge in [0.05, 0.1) is 17.3 Å². The van der Waals surface area contributed by atoms with Crippen LogP contribution in [0.3, 0.4) is 0 Å². The minimum absolute atomic E-state index is 0.0819. The van der Waals surface area contributed by atoms with Crippen molar-refractivity contribution in [2.45, 2.75) is 5.92 Å². The van der Waals surface area contributed by atoms with Crippen LogP contribution in [0.1, 0.15) is 17.0 Å². The fourth-order valence-electron chi connectivity index (χ4n) is 3.94. The van der Waals surface area contributed by atoms with Crippen LogP contribution in [0.25, 0.3) is 22.0 Å². The third-order valence-corrected chi connectivity index (χ3v) is 5.78. The second kappa shape index (κ2) is 6.87. The number of nitriles is 1. The van der Waals surface area contributed by atoms with Crippen LogP contribution in [0.4, 0.5) is 0 Å². The van der Waals surface area contributed by atoms with E-state index in [0.29, 0.717) is 5.88 Å². The van der Waals surface area contributed by atoms with Gasteiger partial charge in [-0.2, -0.15) is 5.26 Å². The van der Waals surface area contributed by atoms with Gasteiger partial charge in [-0.25, -0.2) is 0 Å². The average Bonchev–Trinajstić information content (AvgIpc) is 3.15. The van der Waals surface area contributed by atoms with Crippen molar-refractivity contribution in [3.8, 4) is 23.2 Å². The number of benzene rings is 3. The first-order valence-electron chi connectivity index (χ1n) is 9.14. The molecule has 2 heterocycles. The Kier molecular flexibility index (Phi) is 4.18. The van der Waals surface area contributed by atoms with Crippen LogP contribution in [0.5, 0.6) is 5.88 Å². The molecule has 1 aromatic heterocycles. The minimum Gasteiger partial charge on any atom is -0.422 e. The normalized spacial score (nSPS) is 18.1. The van der Waals surface area contributed by atoms with Crippen LogP contribution < -0.4 is 4.74 Å². The second-order valence-corrected chi connectivity index (χ2v) is 7.90. The largest absolute Gasteiger partial charge is 0.422 e. The van der Waals surface area contributed by atoms with Gasteiger partial charge in [0.15, 0.2) is 0 Å². The third kappa shape index (κ3) is 2.91. The summed E-state index contributed by atoms with van der Waals surface area (Å²) in [7, 11) is 0. The molecule has 2 unspecified atom stereocenters. The molecule has 2 N–H and O–H groups in total. The molecule has 1 aliphatic heterocycles. The maximum atomic E-state index is 9.82. The number of nitrogens with zero attached hydrogens (tertiary/aromatic N) is 2. The molecule has 0 saturated heterocycles. The SMILES string of the molecule is N#CC1C(=N)Oc2n[nH]c(-c3ccc4ccccc4c3)c2C1c1cccc(Br)c1. The van der Waals surface area contributed by atoms with E-state index in [1.807, 2.05) is 42.5 Å². The van der Waals surface area contributed by atoms with E-state index < -0.39 is 5.92 Å². The highest BCUT2D eigenvalue weighted by atomic mass is 79.9. The summed E-state index contributed by atoms with van der Waals surface area (Å²) in [5, 5.41) is 27.7. The molecule has 29 heavy (non-hydrogen) atoms. The summed E-state index contributed by atoms with van der Waals surface area (Å²) in [6.45, 7) is 0. The quantitative estimate of drug-likeness (QED) is 0.421. The van der Waals surface area contributed by atoms with Crippen LogP contribution in [0.2, 0.25) is 0 Å². The van der Waals surface area contributed by atoms with Gasteiger partial charge >= 0.3 is 0 Å². The fraction of sp³-hybridized carbons (Fsp3) is 0.0870. The number of fused-ring (bicyclic) bond motifs is 2. The summed E-state index contributed by atoms with van der Waals surface area (Å²) >= 11 is 3.52. The van der Waals surface area contributed by atoms with Crippen molar-refractivity contribution in [2.24, 2.45) is 5.92 Å². The summed E-state index contributed by atoms with van der Waals surface area (Å²) in [5.74, 6) is -0.807. The molecule has 0 spiro atoms. The number of nitrogens with one attached hydrogen (secondary N) is 2. The van der Waals surface area contributed by atoms with E-state index in [1.54, 1.807) is 0 Å². The van der Waals surface area contributed by atoms with Gasteiger partial charge in [-0.3, -0.25) is 10.5 Å². The predicted octanol–water partition coefficient (Wildman–Crippen LogP) is 5.63. The Bertz CT molecular complexity index is 1300. The van der Waals surface area contributed by atoms with Gasteiger partial charge in [-0.15, -0.1) is 5.10 Å². The number of halogens is 1. The lowest BCUT2D eigenvalue weighted by Gasteiger charge is -2.28. The van der Waals surface area contributed by atoms with Gasteiger partial charge in [0.1, 0.15) is 5.92 Å². The van der Waals surface area contributed by atoms with Crippen molar-refractivity contribution in [1.82, 2.24) is 10.2 Å². The molecule has 0 saturated carbocycles. The van der Waals surface area contributed by atoms with Crippen molar-refractivity contribution in [3.63, 3.8) is 0 Å². The summed E-state index contributed by atoms with van der Waals surface area (Å²) < 4.78 is 6.53. The molecule has 2 atom stereocenters. The zero-order valence-electron chi connectivity index (χ0n) is 15.2. The average molecular weight is 443 g/mol. The lowest BCUT2D eigenvalue weighted by Crippen LogP contribution is -2.30. The summed E-state index contributed by atoms with van der Waals surface area (Å²) in [5.41, 5.74) is 3.51. The molecule has 5 nitrogen and oxygen atoms in total. The Hall–Kier alpha value is -3.43. The number of hydrogen-bond acceptors (Lipinski definition) is 4. The van der Waals surface area contributed by atoms with Gasteiger partial charge in [-0.05, 0) is 34.5 Å². The monoisotopic (exact) mass is 442 g/mol. The molecule has 5 rings (SSSR count). The Morgan fingerprint density at radius 3 is 2.66 bits per heavy atom. The topological polar surface area (TPSA) is 85.6 Å². The molecule has 4 aromatic rings. The Labute approximate surface area is 175 Å². The molecule has 140 valence electrons. The van der Waals surface area contributed by atoms with Crippen LogP contribution in [-0.4, -0.2) is 16.1 Å². The molecule has 0 aliphatic carbocycles. The molecule has 0 bridgehead atoms. The van der Waals surface area contributed by atoms with E-state index >= 15 is 0 Å². The second-order valence-electron chi connectivity index (χ2n) is 6.99. The zero-order chi connectivity index (χ0) is 20.0. The molecule has 1 aliphatic rings. The van der Waals surface area contributed by atoms with E-state index in [-0.39, 0.29) is 11.8 Å². The fourth-order valence-corrected chi connectivity index (χ4v) is 4.36. The summed E-state index contributed by atoms with van der Waals surface area (Å²) in [4.78, 5) is 0. The first-order chi connectivity index (χ1) is 14.2. The number of H-pyrrole nitrogens is 1. The number of aromatic amines is 1. The molecule has 0 fully saturated rings. The van der Waals surface area contributed by atoms with Crippen LogP contribution >= 0.6 is 15.9 Å². The lowest BCUT2D eigenvalue weighted by molar-refractivity contribution is 0.437. The minimum atomic E-state index is -0.728. The van der Waals surface area contributed by atoms with Crippen molar-refractivity contribution in [3.05, 3.63) is 82.3 Å². The van der Waals surface area contributed by atoms with E-state index in [2.05, 4.69) is 56.5 Å². The highest BCUT2D eigenvalue weighted by Crippen LogP contribution is 2.46. The van der Waals surface area contributed by atoms with E-state index in [9.17, 15) is 5.26 Å². The van der Waals surface area contributed by atoms with Gasteiger partial charge in [0.2, 0.25) is 11.8 Å². The third-order valence-electron chi connectivity index (χ3n) is 5.29. The smallest absolute Gasteiger partial charge is 0.244 e. The van der Waals surface area contributed by atoms with Crippen LogP contribution in [-0.2, 0) is 0 Å². The van der Waals surface area contributed by atoms with Gasteiger partial charge in [0.25, 0.3) is 0 Å². The predicted molar refractivity (Wildman–Crippen MR) is 115 cm³/mol. The van der Waals surface area contributed by atoms with E-state index in [0.717, 1.165) is 37.6 Å². The molecule has 0 radical (unpaired) electrons. The molecule has 0 amide bonds. The number of aromatic nitrogens is 2. The molecular formula is C23H15BrN4O. The first-order valence-corrected chi connectivity index (χ1v) is 9.94. The Morgan fingerprint density at radius 2 is 1.86 bits per heavy atom. The first kappa shape index (κ1) is 17.7. The number of rotatable bonds is 2. The lowest BCUT2D eigenvalue weighted by atomic mass is 9.79. The summed E-state index contributed by atoms with van der Waals surface area (Å²) in [6, 6.07) is 24.4. The van der Waals surface area contributed by atoms with E-state index in [4.69, 9.17) is 10.1 Å². The highest BCUT2D eigenvalue weighted by molar-refractivity contribution is 9.10. The maximum absolute atomic E-state index is 9.82. The van der Waals surface area contributed by atoms with Gasteiger partial charge in [0, 0.05) is 16.0 Å². The Balaban J connectivity index is 1.73. The number of ether oxygens (including phenoxy) is 1. The van der Waals surface area contributed by atoms with Gasteiger partial charge in [-0.1, -0.05) is 64.5 Å². The van der Waals surface area contributed by atoms with Crippen molar-refractivity contribution >= 4 is 32.6 Å². The van der Waals surface area contributed by atoms with Gasteiger partial charge < -0.3 is 4.74 Å². The highest BCUT2D eigenvalue weighted by Gasteiger charge is 2.40. The molecular weight excluding hydrogens is 428 g/mol. The van der Waals surface area contributed by atoms with Crippen molar-refractivity contribution < 1.29 is 4.74 Å². The zero-order valence-corrected chi connectivity index (χ0v) is 16.8. The Morgan fingerprint density at radius 1 is 1.03 bits per heavy atom. The number of hydrogen-bond donors (Lipinski definition) is 2. The maximum Gasteiger partial charge on any atom is 0.244 e. The standard InChI is InChI=1S/C23H15BrN4O/c24-17-7-3-6-15(11-17)19-18(12-25)22(26)29-23-20(19)21(27-28-23)16-9-8-13-4-1-2-5-14(13)10-16/h1-11,18-19,26H,(H,27,28).